The highest BCUT2D eigenvalue weighted by Gasteiger charge is 2.07. The van der Waals surface area contributed by atoms with Gasteiger partial charge in [-0.15, -0.1) is 0 Å². The maximum atomic E-state index is 5.64. The molecule has 0 spiro atoms. The maximum Gasteiger partial charge on any atom is 0.0741 e. The molecule has 0 amide bonds. The monoisotopic (exact) mass is 201 g/mol. The van der Waals surface area contributed by atoms with Crippen molar-refractivity contribution in [3.8, 4) is 0 Å². The highest BCUT2D eigenvalue weighted by Crippen LogP contribution is 2.18. The average molecular weight is 201 g/mol. The second-order valence-electron chi connectivity index (χ2n) is 3.84. The van der Waals surface area contributed by atoms with Crippen molar-refractivity contribution in [1.82, 2.24) is 9.78 Å². The lowest BCUT2D eigenvalue weighted by molar-refractivity contribution is 0.564. The van der Waals surface area contributed by atoms with Gasteiger partial charge in [-0.2, -0.15) is 5.10 Å². The quantitative estimate of drug-likeness (QED) is 0.810. The van der Waals surface area contributed by atoms with E-state index in [2.05, 4.69) is 43.2 Å². The van der Waals surface area contributed by atoms with Crippen molar-refractivity contribution in [1.29, 1.82) is 0 Å². The summed E-state index contributed by atoms with van der Waals surface area (Å²) in [4.78, 5) is 0. The lowest BCUT2D eigenvalue weighted by Crippen LogP contribution is -2.06. The van der Waals surface area contributed by atoms with Gasteiger partial charge < -0.3 is 5.73 Å². The molecule has 0 fully saturated rings. The third kappa shape index (κ3) is 2.01. The Bertz CT molecular complexity index is 442. The predicted molar refractivity (Wildman–Crippen MR) is 61.6 cm³/mol. The summed E-state index contributed by atoms with van der Waals surface area (Å²) in [5, 5.41) is 4.21. The SMILES string of the molecule is Cc1ccc(C(C)n2cc(N)cn2)cc1. The topological polar surface area (TPSA) is 43.8 Å². The van der Waals surface area contributed by atoms with Crippen LogP contribution >= 0.6 is 0 Å². The minimum atomic E-state index is 0.225. The van der Waals surface area contributed by atoms with Gasteiger partial charge in [-0.25, -0.2) is 0 Å². The molecule has 78 valence electrons. The Morgan fingerprint density at radius 3 is 2.47 bits per heavy atom. The number of hydrogen-bond acceptors (Lipinski definition) is 2. The fraction of sp³-hybridized carbons (Fsp3) is 0.250. The van der Waals surface area contributed by atoms with Crippen LogP contribution in [0.5, 0.6) is 0 Å². The third-order valence-electron chi connectivity index (χ3n) is 2.58. The van der Waals surface area contributed by atoms with Crippen LogP contribution < -0.4 is 5.73 Å². The van der Waals surface area contributed by atoms with Gasteiger partial charge in [-0.05, 0) is 19.4 Å². The van der Waals surface area contributed by atoms with E-state index in [4.69, 9.17) is 5.73 Å². The predicted octanol–water partition coefficient (Wildman–Crippen LogP) is 2.38. The molecule has 1 aromatic carbocycles. The number of nitrogens with zero attached hydrogens (tertiary/aromatic N) is 2. The van der Waals surface area contributed by atoms with E-state index in [0.29, 0.717) is 5.69 Å². The van der Waals surface area contributed by atoms with Gasteiger partial charge in [0.25, 0.3) is 0 Å². The molecule has 15 heavy (non-hydrogen) atoms. The molecule has 3 heteroatoms. The molecule has 0 bridgehead atoms. The molecule has 0 saturated heterocycles. The van der Waals surface area contributed by atoms with Gasteiger partial charge in [0.2, 0.25) is 0 Å². The summed E-state index contributed by atoms with van der Waals surface area (Å²) in [6, 6.07) is 8.69. The Morgan fingerprint density at radius 2 is 1.93 bits per heavy atom. The summed E-state index contributed by atoms with van der Waals surface area (Å²) in [6.07, 6.45) is 3.52. The first-order chi connectivity index (χ1) is 7.16. The number of aryl methyl sites for hydroxylation is 1. The van der Waals surface area contributed by atoms with Gasteiger partial charge in [0, 0.05) is 6.20 Å². The minimum Gasteiger partial charge on any atom is -0.396 e. The van der Waals surface area contributed by atoms with Crippen molar-refractivity contribution in [2.75, 3.05) is 5.73 Å². The number of nitrogens with two attached hydrogens (primary N) is 1. The summed E-state index contributed by atoms with van der Waals surface area (Å²) >= 11 is 0. The Hall–Kier alpha value is -1.77. The van der Waals surface area contributed by atoms with Crippen LogP contribution in [0.15, 0.2) is 36.7 Å². The highest BCUT2D eigenvalue weighted by molar-refractivity contribution is 5.32. The molecule has 0 aliphatic rings. The van der Waals surface area contributed by atoms with Crippen LogP contribution in [0.4, 0.5) is 5.69 Å². The second kappa shape index (κ2) is 3.77. The van der Waals surface area contributed by atoms with E-state index in [9.17, 15) is 0 Å². The van der Waals surface area contributed by atoms with E-state index < -0.39 is 0 Å². The molecule has 1 atom stereocenters. The molecule has 2 rings (SSSR count). The second-order valence-corrected chi connectivity index (χ2v) is 3.84. The minimum absolute atomic E-state index is 0.225. The van der Waals surface area contributed by atoms with Crippen LogP contribution in [0.25, 0.3) is 0 Å². The first kappa shape index (κ1) is 9.77. The van der Waals surface area contributed by atoms with Crippen molar-refractivity contribution in [2.24, 2.45) is 0 Å². The molecule has 3 nitrogen and oxygen atoms in total. The van der Waals surface area contributed by atoms with Crippen LogP contribution in [0, 0.1) is 6.92 Å². The van der Waals surface area contributed by atoms with E-state index in [1.54, 1.807) is 6.20 Å². The zero-order chi connectivity index (χ0) is 10.8. The van der Waals surface area contributed by atoms with E-state index >= 15 is 0 Å². The molecule has 0 saturated carbocycles. The zero-order valence-corrected chi connectivity index (χ0v) is 9.01. The lowest BCUT2D eigenvalue weighted by atomic mass is 10.1. The summed E-state index contributed by atoms with van der Waals surface area (Å²) < 4.78 is 1.88. The number of hydrogen-bond donors (Lipinski definition) is 1. The fourth-order valence-electron chi connectivity index (χ4n) is 1.56. The molecule has 1 aromatic heterocycles. The van der Waals surface area contributed by atoms with Gasteiger partial charge in [-0.3, -0.25) is 4.68 Å². The Morgan fingerprint density at radius 1 is 1.27 bits per heavy atom. The summed E-state index contributed by atoms with van der Waals surface area (Å²) in [6.45, 7) is 4.19. The number of benzene rings is 1. The molecule has 2 N–H and O–H groups in total. The summed E-state index contributed by atoms with van der Waals surface area (Å²) in [5.74, 6) is 0. The molecule has 1 heterocycles. The Kier molecular flexibility index (Phi) is 2.46. The number of rotatable bonds is 2. The van der Waals surface area contributed by atoms with Gasteiger partial charge in [0.05, 0.1) is 17.9 Å². The van der Waals surface area contributed by atoms with Crippen molar-refractivity contribution in [3.05, 3.63) is 47.8 Å². The van der Waals surface area contributed by atoms with E-state index in [1.807, 2.05) is 10.9 Å². The number of aromatic nitrogens is 2. The largest absolute Gasteiger partial charge is 0.396 e. The molecule has 0 aliphatic carbocycles. The van der Waals surface area contributed by atoms with Gasteiger partial charge >= 0.3 is 0 Å². The van der Waals surface area contributed by atoms with Crippen LogP contribution in [-0.4, -0.2) is 9.78 Å². The highest BCUT2D eigenvalue weighted by atomic mass is 15.3. The molecular weight excluding hydrogens is 186 g/mol. The zero-order valence-electron chi connectivity index (χ0n) is 9.01. The fourth-order valence-corrected chi connectivity index (χ4v) is 1.56. The Balaban J connectivity index is 2.28. The van der Waals surface area contributed by atoms with Crippen molar-refractivity contribution in [3.63, 3.8) is 0 Å². The average Bonchev–Trinajstić information content (AvgIpc) is 2.65. The van der Waals surface area contributed by atoms with Gasteiger partial charge in [-0.1, -0.05) is 29.8 Å². The van der Waals surface area contributed by atoms with Gasteiger partial charge in [0.1, 0.15) is 0 Å². The van der Waals surface area contributed by atoms with E-state index in [-0.39, 0.29) is 6.04 Å². The number of anilines is 1. The lowest BCUT2D eigenvalue weighted by Gasteiger charge is -2.12. The molecular formula is C12H15N3. The first-order valence-electron chi connectivity index (χ1n) is 5.03. The van der Waals surface area contributed by atoms with Crippen LogP contribution in [0.3, 0.4) is 0 Å². The summed E-state index contributed by atoms with van der Waals surface area (Å²) in [7, 11) is 0. The standard InChI is InChI=1S/C12H15N3/c1-9-3-5-11(6-4-9)10(2)15-8-12(13)7-14-15/h3-8,10H,13H2,1-2H3. The van der Waals surface area contributed by atoms with E-state index in [0.717, 1.165) is 0 Å². The Labute approximate surface area is 89.5 Å². The third-order valence-corrected chi connectivity index (χ3v) is 2.58. The molecule has 0 radical (unpaired) electrons. The number of nitrogen functional groups attached to an aromatic ring is 1. The summed E-state index contributed by atoms with van der Waals surface area (Å²) in [5.41, 5.74) is 8.85. The smallest absolute Gasteiger partial charge is 0.0741 e. The first-order valence-corrected chi connectivity index (χ1v) is 5.03. The van der Waals surface area contributed by atoms with Crippen molar-refractivity contribution >= 4 is 5.69 Å². The molecule has 2 aromatic rings. The van der Waals surface area contributed by atoms with Crippen molar-refractivity contribution in [2.45, 2.75) is 19.9 Å². The normalized spacial score (nSPS) is 12.7. The van der Waals surface area contributed by atoms with Crippen LogP contribution in [0.1, 0.15) is 24.1 Å². The van der Waals surface area contributed by atoms with Crippen LogP contribution in [0.2, 0.25) is 0 Å². The van der Waals surface area contributed by atoms with E-state index in [1.165, 1.54) is 11.1 Å². The maximum absolute atomic E-state index is 5.64. The van der Waals surface area contributed by atoms with Crippen LogP contribution in [-0.2, 0) is 0 Å². The van der Waals surface area contributed by atoms with Crippen molar-refractivity contribution < 1.29 is 0 Å². The molecule has 0 aliphatic heterocycles. The van der Waals surface area contributed by atoms with Gasteiger partial charge in [0.15, 0.2) is 0 Å². The molecule has 1 unspecified atom stereocenters.